The third-order valence-corrected chi connectivity index (χ3v) is 5.24. The van der Waals surface area contributed by atoms with E-state index < -0.39 is 0 Å². The standard InChI is InChI=1S/C24H30N4O4/c1-5-28(6-2)22(19-8-7-9-21(14-19)30-4)15-25-24(29)18-10-12-20(13-11-18)31-16-23-26-17(3)32-27-23/h7-14,22H,5-6,15-16H2,1-4H3,(H,25,29). The van der Waals surface area contributed by atoms with E-state index in [-0.39, 0.29) is 18.6 Å². The van der Waals surface area contributed by atoms with Gasteiger partial charge >= 0.3 is 0 Å². The first-order valence-corrected chi connectivity index (χ1v) is 10.7. The van der Waals surface area contributed by atoms with Crippen LogP contribution in [0.3, 0.4) is 0 Å². The predicted molar refractivity (Wildman–Crippen MR) is 121 cm³/mol. The van der Waals surface area contributed by atoms with Crippen LogP contribution in [0.4, 0.5) is 0 Å². The molecule has 8 nitrogen and oxygen atoms in total. The molecule has 0 aliphatic heterocycles. The molecule has 3 aromatic rings. The Morgan fingerprint density at radius 1 is 1.12 bits per heavy atom. The van der Waals surface area contributed by atoms with E-state index in [2.05, 4.69) is 40.3 Å². The molecule has 8 heteroatoms. The number of nitrogens with zero attached hydrogens (tertiary/aromatic N) is 3. The zero-order valence-electron chi connectivity index (χ0n) is 19.0. The Morgan fingerprint density at radius 2 is 1.88 bits per heavy atom. The van der Waals surface area contributed by atoms with Gasteiger partial charge in [-0.05, 0) is 55.1 Å². The van der Waals surface area contributed by atoms with Crippen molar-refractivity contribution in [1.82, 2.24) is 20.4 Å². The van der Waals surface area contributed by atoms with Crippen molar-refractivity contribution in [1.29, 1.82) is 0 Å². The van der Waals surface area contributed by atoms with Crippen LogP contribution in [0.1, 0.15) is 47.5 Å². The van der Waals surface area contributed by atoms with Crippen molar-refractivity contribution in [2.75, 3.05) is 26.7 Å². The maximum Gasteiger partial charge on any atom is 0.251 e. The summed E-state index contributed by atoms with van der Waals surface area (Å²) >= 11 is 0. The number of methoxy groups -OCH3 is 1. The Labute approximate surface area is 188 Å². The highest BCUT2D eigenvalue weighted by molar-refractivity contribution is 5.94. The van der Waals surface area contributed by atoms with Crippen molar-refractivity contribution >= 4 is 5.91 Å². The van der Waals surface area contributed by atoms with Gasteiger partial charge in [-0.25, -0.2) is 0 Å². The minimum absolute atomic E-state index is 0.0464. The zero-order valence-corrected chi connectivity index (χ0v) is 19.0. The lowest BCUT2D eigenvalue weighted by atomic mass is 10.0. The molecular weight excluding hydrogens is 408 g/mol. The number of nitrogens with one attached hydrogen (secondary N) is 1. The summed E-state index contributed by atoms with van der Waals surface area (Å²) in [6.07, 6.45) is 0. The van der Waals surface area contributed by atoms with Crippen LogP contribution in [0, 0.1) is 6.92 Å². The molecule has 0 aliphatic rings. The molecule has 0 bridgehead atoms. The summed E-state index contributed by atoms with van der Waals surface area (Å²) in [6.45, 7) is 8.40. The van der Waals surface area contributed by atoms with E-state index >= 15 is 0 Å². The van der Waals surface area contributed by atoms with Gasteiger partial charge in [0.1, 0.15) is 11.5 Å². The van der Waals surface area contributed by atoms with Crippen LogP contribution in [0.25, 0.3) is 0 Å². The molecule has 0 saturated heterocycles. The number of aryl methyl sites for hydroxylation is 1. The first-order valence-electron chi connectivity index (χ1n) is 10.7. The Morgan fingerprint density at radius 3 is 2.50 bits per heavy atom. The highest BCUT2D eigenvalue weighted by Gasteiger charge is 2.20. The predicted octanol–water partition coefficient (Wildman–Crippen LogP) is 3.78. The van der Waals surface area contributed by atoms with E-state index in [1.807, 2.05) is 18.2 Å². The monoisotopic (exact) mass is 438 g/mol. The molecule has 0 radical (unpaired) electrons. The number of rotatable bonds is 11. The fourth-order valence-corrected chi connectivity index (χ4v) is 3.51. The lowest BCUT2D eigenvalue weighted by molar-refractivity contribution is 0.0935. The molecule has 1 amide bonds. The summed E-state index contributed by atoms with van der Waals surface area (Å²) in [4.78, 5) is 19.2. The zero-order chi connectivity index (χ0) is 22.9. The summed E-state index contributed by atoms with van der Waals surface area (Å²) in [5.41, 5.74) is 1.67. The average molecular weight is 439 g/mol. The van der Waals surface area contributed by atoms with Crippen LogP contribution < -0.4 is 14.8 Å². The number of aromatic nitrogens is 2. The van der Waals surface area contributed by atoms with E-state index in [4.69, 9.17) is 14.0 Å². The van der Waals surface area contributed by atoms with Gasteiger partial charge in [0.15, 0.2) is 6.61 Å². The Kier molecular flexibility index (Phi) is 8.21. The molecular formula is C24H30N4O4. The smallest absolute Gasteiger partial charge is 0.251 e. The maximum atomic E-state index is 12.8. The molecule has 1 heterocycles. The second-order valence-corrected chi connectivity index (χ2v) is 7.27. The maximum absolute atomic E-state index is 12.8. The van der Waals surface area contributed by atoms with Crippen LogP contribution in [-0.2, 0) is 6.61 Å². The molecule has 170 valence electrons. The lowest BCUT2D eigenvalue weighted by Crippen LogP contribution is -2.38. The third-order valence-electron chi connectivity index (χ3n) is 5.24. The molecule has 1 aromatic heterocycles. The van der Waals surface area contributed by atoms with Crippen molar-refractivity contribution in [3.63, 3.8) is 0 Å². The van der Waals surface area contributed by atoms with Crippen LogP contribution in [0.15, 0.2) is 53.1 Å². The molecule has 1 N–H and O–H groups in total. The number of carbonyl (C=O) groups excluding carboxylic acids is 1. The quantitative estimate of drug-likeness (QED) is 0.487. The molecule has 3 rings (SSSR count). The molecule has 0 spiro atoms. The third kappa shape index (κ3) is 6.07. The van der Waals surface area contributed by atoms with Crippen molar-refractivity contribution in [3.8, 4) is 11.5 Å². The van der Waals surface area contributed by atoms with E-state index in [9.17, 15) is 4.79 Å². The first-order chi connectivity index (χ1) is 15.5. The summed E-state index contributed by atoms with van der Waals surface area (Å²) in [5.74, 6) is 2.27. The van der Waals surface area contributed by atoms with Gasteiger partial charge in [-0.3, -0.25) is 9.69 Å². The number of benzene rings is 2. The SMILES string of the molecule is CCN(CC)C(CNC(=O)c1ccc(OCc2noc(C)n2)cc1)c1cccc(OC)c1. The second-order valence-electron chi connectivity index (χ2n) is 7.27. The van der Waals surface area contributed by atoms with Crippen LogP contribution in [0.2, 0.25) is 0 Å². The van der Waals surface area contributed by atoms with E-state index in [0.717, 1.165) is 24.4 Å². The van der Waals surface area contributed by atoms with Gasteiger partial charge in [-0.2, -0.15) is 4.98 Å². The number of hydrogen-bond acceptors (Lipinski definition) is 7. The first kappa shape index (κ1) is 23.3. The number of hydrogen-bond donors (Lipinski definition) is 1. The number of amides is 1. The van der Waals surface area contributed by atoms with Crippen molar-refractivity contribution < 1.29 is 18.8 Å². The van der Waals surface area contributed by atoms with E-state index in [1.54, 1.807) is 38.3 Å². The van der Waals surface area contributed by atoms with Crippen LogP contribution >= 0.6 is 0 Å². The van der Waals surface area contributed by atoms with Crippen molar-refractivity contribution in [3.05, 3.63) is 71.4 Å². The number of carbonyl (C=O) groups is 1. The largest absolute Gasteiger partial charge is 0.497 e. The van der Waals surface area contributed by atoms with Crippen LogP contribution in [0.5, 0.6) is 11.5 Å². The van der Waals surface area contributed by atoms with Gasteiger partial charge in [-0.1, -0.05) is 31.1 Å². The molecule has 0 saturated carbocycles. The van der Waals surface area contributed by atoms with E-state index in [1.165, 1.54) is 0 Å². The minimum Gasteiger partial charge on any atom is -0.497 e. The van der Waals surface area contributed by atoms with Gasteiger partial charge in [-0.15, -0.1) is 0 Å². The normalized spacial score (nSPS) is 11.9. The molecule has 2 aromatic carbocycles. The van der Waals surface area contributed by atoms with Gasteiger partial charge in [0.2, 0.25) is 11.7 Å². The van der Waals surface area contributed by atoms with E-state index in [0.29, 0.717) is 29.6 Å². The molecule has 1 atom stereocenters. The summed E-state index contributed by atoms with van der Waals surface area (Å²) in [6, 6.07) is 15.0. The minimum atomic E-state index is -0.134. The van der Waals surface area contributed by atoms with Gasteiger partial charge in [0.25, 0.3) is 5.91 Å². The average Bonchev–Trinajstić information content (AvgIpc) is 3.25. The van der Waals surface area contributed by atoms with Gasteiger partial charge in [0.05, 0.1) is 13.2 Å². The number of likely N-dealkylation sites (N-methyl/N-ethyl adjacent to an activating group) is 1. The van der Waals surface area contributed by atoms with Gasteiger partial charge < -0.3 is 19.3 Å². The topological polar surface area (TPSA) is 89.7 Å². The van der Waals surface area contributed by atoms with Crippen LogP contribution in [-0.4, -0.2) is 47.7 Å². The molecule has 1 unspecified atom stereocenters. The Balaban J connectivity index is 1.62. The highest BCUT2D eigenvalue weighted by Crippen LogP contribution is 2.24. The molecule has 0 fully saturated rings. The number of ether oxygens (including phenoxy) is 2. The van der Waals surface area contributed by atoms with Gasteiger partial charge in [0, 0.05) is 19.0 Å². The van der Waals surface area contributed by atoms with Crippen molar-refractivity contribution in [2.24, 2.45) is 0 Å². The second kappa shape index (κ2) is 11.3. The fourth-order valence-electron chi connectivity index (χ4n) is 3.51. The summed E-state index contributed by atoms with van der Waals surface area (Å²) < 4.78 is 15.9. The highest BCUT2D eigenvalue weighted by atomic mass is 16.5. The molecule has 0 aliphatic carbocycles. The Hall–Kier alpha value is -3.39. The summed E-state index contributed by atoms with van der Waals surface area (Å²) in [7, 11) is 1.66. The molecule has 32 heavy (non-hydrogen) atoms. The Bertz CT molecular complexity index is 999. The fraction of sp³-hybridized carbons (Fsp3) is 0.375. The summed E-state index contributed by atoms with van der Waals surface area (Å²) in [5, 5.41) is 6.86. The lowest BCUT2D eigenvalue weighted by Gasteiger charge is -2.30. The van der Waals surface area contributed by atoms with Crippen molar-refractivity contribution in [2.45, 2.75) is 33.4 Å².